The Hall–Kier alpha value is -2.01. The largest absolute Gasteiger partial charge is 0.494 e. The molecule has 98 valence electrons. The average molecular weight is 262 g/mol. The highest BCUT2D eigenvalue weighted by Crippen LogP contribution is 2.32. The zero-order valence-corrected chi connectivity index (χ0v) is 9.03. The highest BCUT2D eigenvalue weighted by atomic mass is 19.4. The van der Waals surface area contributed by atoms with Crippen molar-refractivity contribution >= 4 is 0 Å². The zero-order valence-electron chi connectivity index (χ0n) is 9.03. The number of rotatable bonds is 3. The fourth-order valence-corrected chi connectivity index (χ4v) is 1.41. The molecule has 0 unspecified atom stereocenters. The minimum Gasteiger partial charge on any atom is -0.494 e. The molecule has 0 aliphatic heterocycles. The fraction of sp³-hybridized carbons (Fsp3) is 0.400. The summed E-state index contributed by atoms with van der Waals surface area (Å²) in [6.45, 7) is -0.469. The van der Waals surface area contributed by atoms with Gasteiger partial charge in [-0.05, 0) is 6.42 Å². The Morgan fingerprint density at radius 3 is 2.50 bits per heavy atom. The summed E-state index contributed by atoms with van der Waals surface area (Å²) in [6, 6.07) is 1.52. The van der Waals surface area contributed by atoms with Gasteiger partial charge in [0.1, 0.15) is 11.6 Å². The molecule has 0 aliphatic carbocycles. The lowest BCUT2D eigenvalue weighted by molar-refractivity contribution is -0.138. The molecule has 1 heterocycles. The van der Waals surface area contributed by atoms with Gasteiger partial charge in [-0.2, -0.15) is 18.4 Å². The SMILES string of the molecule is N#Cc1c(C(F)(F)F)cc(O)n(CCCO)c1=O. The lowest BCUT2D eigenvalue weighted by Gasteiger charge is -2.13. The number of aliphatic hydroxyl groups is 1. The fourth-order valence-electron chi connectivity index (χ4n) is 1.41. The molecule has 0 aromatic carbocycles. The van der Waals surface area contributed by atoms with Crippen LogP contribution in [-0.2, 0) is 12.7 Å². The van der Waals surface area contributed by atoms with Gasteiger partial charge in [0.2, 0.25) is 0 Å². The van der Waals surface area contributed by atoms with Gasteiger partial charge in [0.15, 0.2) is 5.88 Å². The van der Waals surface area contributed by atoms with Crippen LogP contribution in [0, 0.1) is 11.3 Å². The second-order valence-corrected chi connectivity index (χ2v) is 3.43. The van der Waals surface area contributed by atoms with Crippen LogP contribution in [0.15, 0.2) is 10.9 Å². The average Bonchev–Trinajstić information content (AvgIpc) is 2.27. The molecule has 0 spiro atoms. The normalized spacial score (nSPS) is 11.3. The number of aromatic nitrogens is 1. The third-order valence-electron chi connectivity index (χ3n) is 2.24. The standard InChI is InChI=1S/C10H9F3N2O3/c11-10(12,13)7-4-8(17)15(2-1-3-16)9(18)6(7)5-14/h4,16-17H,1-3H2. The summed E-state index contributed by atoms with van der Waals surface area (Å²) in [7, 11) is 0. The second-order valence-electron chi connectivity index (χ2n) is 3.43. The van der Waals surface area contributed by atoms with Crippen molar-refractivity contribution in [3.8, 4) is 11.9 Å². The first-order chi connectivity index (χ1) is 8.32. The van der Waals surface area contributed by atoms with Gasteiger partial charge in [0, 0.05) is 19.2 Å². The van der Waals surface area contributed by atoms with Gasteiger partial charge >= 0.3 is 6.18 Å². The molecule has 0 saturated carbocycles. The minimum atomic E-state index is -4.89. The third kappa shape index (κ3) is 2.62. The second kappa shape index (κ2) is 5.10. The van der Waals surface area contributed by atoms with E-state index >= 15 is 0 Å². The molecular weight excluding hydrogens is 253 g/mol. The summed E-state index contributed by atoms with van der Waals surface area (Å²) in [5.74, 6) is -0.889. The minimum absolute atomic E-state index is 0.0731. The summed E-state index contributed by atoms with van der Waals surface area (Å²) in [5.41, 5.74) is -3.76. The van der Waals surface area contributed by atoms with Crippen LogP contribution in [0.5, 0.6) is 5.88 Å². The van der Waals surface area contributed by atoms with Crippen LogP contribution in [0.1, 0.15) is 17.5 Å². The molecule has 0 bridgehead atoms. The number of pyridine rings is 1. The van der Waals surface area contributed by atoms with Gasteiger partial charge in [-0.15, -0.1) is 0 Å². The first-order valence-electron chi connectivity index (χ1n) is 4.88. The van der Waals surface area contributed by atoms with Crippen molar-refractivity contribution in [2.45, 2.75) is 19.1 Å². The number of hydrogen-bond acceptors (Lipinski definition) is 4. The lowest BCUT2D eigenvalue weighted by Crippen LogP contribution is -2.27. The molecule has 1 rings (SSSR count). The molecule has 2 N–H and O–H groups in total. The van der Waals surface area contributed by atoms with Crippen molar-refractivity contribution in [3.05, 3.63) is 27.5 Å². The van der Waals surface area contributed by atoms with Crippen molar-refractivity contribution in [3.63, 3.8) is 0 Å². The third-order valence-corrected chi connectivity index (χ3v) is 2.24. The van der Waals surface area contributed by atoms with E-state index in [0.717, 1.165) is 0 Å². The molecule has 8 heteroatoms. The summed E-state index contributed by atoms with van der Waals surface area (Å²) >= 11 is 0. The summed E-state index contributed by atoms with van der Waals surface area (Å²) in [5, 5.41) is 26.5. The van der Waals surface area contributed by atoms with Crippen LogP contribution in [-0.4, -0.2) is 21.4 Å². The Morgan fingerprint density at radius 2 is 2.06 bits per heavy atom. The van der Waals surface area contributed by atoms with E-state index in [1.54, 1.807) is 0 Å². The molecule has 1 aromatic rings. The molecule has 0 amide bonds. The van der Waals surface area contributed by atoms with E-state index in [1.807, 2.05) is 0 Å². The summed E-state index contributed by atoms with van der Waals surface area (Å²) in [6.07, 6.45) is -4.82. The van der Waals surface area contributed by atoms with Crippen LogP contribution in [0.4, 0.5) is 13.2 Å². The summed E-state index contributed by atoms with van der Waals surface area (Å²) < 4.78 is 38.2. The predicted molar refractivity (Wildman–Crippen MR) is 53.8 cm³/mol. The Kier molecular flexibility index (Phi) is 3.98. The van der Waals surface area contributed by atoms with E-state index in [1.165, 1.54) is 6.07 Å². The highest BCUT2D eigenvalue weighted by molar-refractivity contribution is 5.40. The van der Waals surface area contributed by atoms with Crippen LogP contribution in [0.25, 0.3) is 0 Å². The van der Waals surface area contributed by atoms with Crippen molar-refractivity contribution in [2.75, 3.05) is 6.61 Å². The maximum atomic E-state index is 12.5. The summed E-state index contributed by atoms with van der Waals surface area (Å²) in [4.78, 5) is 11.6. The van der Waals surface area contributed by atoms with Crippen LogP contribution in [0.3, 0.4) is 0 Å². The quantitative estimate of drug-likeness (QED) is 0.844. The Morgan fingerprint density at radius 1 is 1.44 bits per heavy atom. The number of aliphatic hydroxyl groups excluding tert-OH is 1. The van der Waals surface area contributed by atoms with Gasteiger partial charge in [-0.3, -0.25) is 9.36 Å². The number of hydrogen-bond donors (Lipinski definition) is 2. The Labute approximate surface area is 99.3 Å². The number of alkyl halides is 3. The smallest absolute Gasteiger partial charge is 0.418 e. The molecule has 18 heavy (non-hydrogen) atoms. The Bertz CT molecular complexity index is 543. The van der Waals surface area contributed by atoms with Crippen LogP contribution in [0.2, 0.25) is 0 Å². The highest BCUT2D eigenvalue weighted by Gasteiger charge is 2.36. The van der Waals surface area contributed by atoms with Crippen molar-refractivity contribution < 1.29 is 23.4 Å². The van der Waals surface area contributed by atoms with Gasteiger partial charge in [-0.25, -0.2) is 0 Å². The van der Waals surface area contributed by atoms with E-state index in [0.29, 0.717) is 10.6 Å². The number of nitriles is 1. The molecule has 0 radical (unpaired) electrons. The van der Waals surface area contributed by atoms with E-state index < -0.39 is 28.7 Å². The first kappa shape index (κ1) is 14.1. The van der Waals surface area contributed by atoms with Crippen molar-refractivity contribution in [1.82, 2.24) is 4.57 Å². The molecule has 0 fully saturated rings. The number of halogens is 3. The maximum Gasteiger partial charge on any atom is 0.418 e. The van der Waals surface area contributed by atoms with E-state index in [9.17, 15) is 23.1 Å². The lowest BCUT2D eigenvalue weighted by atomic mass is 10.1. The Balaban J connectivity index is 3.47. The van der Waals surface area contributed by atoms with Gasteiger partial charge < -0.3 is 10.2 Å². The molecule has 0 saturated heterocycles. The topological polar surface area (TPSA) is 86.2 Å². The zero-order chi connectivity index (χ0) is 13.9. The molecule has 5 nitrogen and oxygen atoms in total. The molecular formula is C10H9F3N2O3. The van der Waals surface area contributed by atoms with Gasteiger partial charge in [0.25, 0.3) is 5.56 Å². The first-order valence-corrected chi connectivity index (χ1v) is 4.88. The van der Waals surface area contributed by atoms with Crippen LogP contribution < -0.4 is 5.56 Å². The molecule has 0 atom stereocenters. The van der Waals surface area contributed by atoms with Crippen molar-refractivity contribution in [2.24, 2.45) is 0 Å². The van der Waals surface area contributed by atoms with E-state index in [4.69, 9.17) is 10.4 Å². The van der Waals surface area contributed by atoms with Crippen LogP contribution >= 0.6 is 0 Å². The monoisotopic (exact) mass is 262 g/mol. The van der Waals surface area contributed by atoms with Gasteiger partial charge in [0.05, 0.1) is 5.56 Å². The van der Waals surface area contributed by atoms with E-state index in [-0.39, 0.29) is 19.6 Å². The maximum absolute atomic E-state index is 12.5. The molecule has 0 aliphatic rings. The predicted octanol–water partition coefficient (Wildman–Crippen LogP) is 0.827. The van der Waals surface area contributed by atoms with E-state index in [2.05, 4.69) is 0 Å². The number of aromatic hydroxyl groups is 1. The molecule has 1 aromatic heterocycles. The van der Waals surface area contributed by atoms with Gasteiger partial charge in [-0.1, -0.05) is 0 Å². The number of nitrogens with zero attached hydrogens (tertiary/aromatic N) is 2. The van der Waals surface area contributed by atoms with Crippen molar-refractivity contribution in [1.29, 1.82) is 5.26 Å².